The topological polar surface area (TPSA) is 46.9 Å². The summed E-state index contributed by atoms with van der Waals surface area (Å²) in [5.74, 6) is -1.50. The SMILES string of the molecule is O=C(Nc1c(F)cccc1F)c1ccc(-n2nc(SCc3ccccc3)sc2=S)cc1. The highest BCUT2D eigenvalue weighted by Gasteiger charge is 2.14. The summed E-state index contributed by atoms with van der Waals surface area (Å²) in [7, 11) is 0. The summed E-state index contributed by atoms with van der Waals surface area (Å²) in [6.45, 7) is 0. The summed E-state index contributed by atoms with van der Waals surface area (Å²) in [5.41, 5.74) is 1.67. The van der Waals surface area contributed by atoms with Gasteiger partial charge in [0.05, 0.1) is 5.69 Å². The van der Waals surface area contributed by atoms with E-state index < -0.39 is 23.2 Å². The Balaban J connectivity index is 1.47. The van der Waals surface area contributed by atoms with Gasteiger partial charge in [-0.1, -0.05) is 59.5 Å². The van der Waals surface area contributed by atoms with Crippen LogP contribution < -0.4 is 5.32 Å². The molecule has 31 heavy (non-hydrogen) atoms. The highest BCUT2D eigenvalue weighted by Crippen LogP contribution is 2.27. The summed E-state index contributed by atoms with van der Waals surface area (Å²) in [4.78, 5) is 12.4. The van der Waals surface area contributed by atoms with E-state index in [2.05, 4.69) is 22.5 Å². The van der Waals surface area contributed by atoms with E-state index in [1.54, 1.807) is 40.7 Å². The first-order valence-electron chi connectivity index (χ1n) is 9.14. The van der Waals surface area contributed by atoms with Crippen LogP contribution in [0.4, 0.5) is 14.5 Å². The van der Waals surface area contributed by atoms with Crippen LogP contribution in [0.15, 0.2) is 77.1 Å². The van der Waals surface area contributed by atoms with Gasteiger partial charge in [0.15, 0.2) is 8.29 Å². The van der Waals surface area contributed by atoms with Crippen molar-refractivity contribution in [3.63, 3.8) is 0 Å². The van der Waals surface area contributed by atoms with Crippen LogP contribution in [0.5, 0.6) is 0 Å². The smallest absolute Gasteiger partial charge is 0.255 e. The molecule has 0 radical (unpaired) electrons. The Hall–Kier alpha value is -2.88. The molecule has 0 aliphatic rings. The normalized spacial score (nSPS) is 10.8. The molecule has 4 aromatic rings. The van der Waals surface area contributed by atoms with Gasteiger partial charge < -0.3 is 5.32 Å². The molecule has 0 spiro atoms. The van der Waals surface area contributed by atoms with E-state index in [0.717, 1.165) is 22.2 Å². The molecule has 0 saturated heterocycles. The van der Waals surface area contributed by atoms with Gasteiger partial charge in [-0.25, -0.2) is 13.5 Å². The van der Waals surface area contributed by atoms with Gasteiger partial charge in [-0.15, -0.1) is 5.10 Å². The van der Waals surface area contributed by atoms with Gasteiger partial charge in [0, 0.05) is 11.3 Å². The largest absolute Gasteiger partial charge is 0.317 e. The van der Waals surface area contributed by atoms with Crippen molar-refractivity contribution in [3.05, 3.63) is 99.5 Å². The number of carbonyl (C=O) groups excluding carboxylic acids is 1. The van der Waals surface area contributed by atoms with Crippen LogP contribution >= 0.6 is 35.3 Å². The number of carbonyl (C=O) groups is 1. The standard InChI is InChI=1S/C22H15F2N3OS3/c23-17-7-4-8-18(24)19(17)25-20(28)15-9-11-16(12-10-15)27-22(29)31-21(26-27)30-13-14-5-2-1-3-6-14/h1-12H,13H2,(H,25,28). The van der Waals surface area contributed by atoms with Crippen LogP contribution in [0.1, 0.15) is 15.9 Å². The van der Waals surface area contributed by atoms with Crippen molar-refractivity contribution in [1.82, 2.24) is 9.78 Å². The number of nitrogens with one attached hydrogen (secondary N) is 1. The number of hydrogen-bond acceptors (Lipinski definition) is 5. The molecule has 156 valence electrons. The molecule has 0 fully saturated rings. The molecule has 0 aliphatic heterocycles. The van der Waals surface area contributed by atoms with E-state index in [1.165, 1.54) is 23.0 Å². The zero-order chi connectivity index (χ0) is 21.8. The predicted molar refractivity (Wildman–Crippen MR) is 123 cm³/mol. The Morgan fingerprint density at radius 2 is 1.68 bits per heavy atom. The fourth-order valence-corrected chi connectivity index (χ4v) is 5.08. The van der Waals surface area contributed by atoms with E-state index in [1.807, 2.05) is 18.2 Å². The molecule has 0 unspecified atom stereocenters. The fraction of sp³-hybridized carbons (Fsp3) is 0.0455. The maximum Gasteiger partial charge on any atom is 0.255 e. The van der Waals surface area contributed by atoms with Crippen molar-refractivity contribution in [2.24, 2.45) is 0 Å². The Kier molecular flexibility index (Phi) is 6.55. The first-order valence-corrected chi connectivity index (χ1v) is 11.3. The zero-order valence-corrected chi connectivity index (χ0v) is 18.4. The minimum absolute atomic E-state index is 0.256. The van der Waals surface area contributed by atoms with Crippen LogP contribution in [0.3, 0.4) is 0 Å². The first-order chi connectivity index (χ1) is 15.0. The number of para-hydroxylation sites is 1. The van der Waals surface area contributed by atoms with Crippen LogP contribution in [0.25, 0.3) is 5.69 Å². The molecule has 9 heteroatoms. The number of thioether (sulfide) groups is 1. The van der Waals surface area contributed by atoms with Crippen molar-refractivity contribution >= 4 is 46.9 Å². The summed E-state index contributed by atoms with van der Waals surface area (Å²) >= 11 is 8.44. The van der Waals surface area contributed by atoms with Crippen LogP contribution in [-0.2, 0) is 5.75 Å². The van der Waals surface area contributed by atoms with E-state index in [0.29, 0.717) is 9.64 Å². The van der Waals surface area contributed by atoms with Gasteiger partial charge in [-0.2, -0.15) is 0 Å². The molecule has 4 rings (SSSR count). The zero-order valence-electron chi connectivity index (χ0n) is 15.9. The van der Waals surface area contributed by atoms with Crippen LogP contribution in [0.2, 0.25) is 0 Å². The number of benzene rings is 3. The van der Waals surface area contributed by atoms with Crippen LogP contribution in [-0.4, -0.2) is 15.7 Å². The van der Waals surface area contributed by atoms with E-state index in [4.69, 9.17) is 12.2 Å². The number of anilines is 1. The van der Waals surface area contributed by atoms with Crippen molar-refractivity contribution in [2.45, 2.75) is 10.1 Å². The third-order valence-corrected chi connectivity index (χ3v) is 6.75. The number of rotatable bonds is 6. The molecule has 1 N–H and O–H groups in total. The van der Waals surface area contributed by atoms with Gasteiger partial charge in [-0.3, -0.25) is 4.79 Å². The van der Waals surface area contributed by atoms with Crippen molar-refractivity contribution < 1.29 is 13.6 Å². The van der Waals surface area contributed by atoms with Gasteiger partial charge in [0.2, 0.25) is 0 Å². The molecule has 1 aromatic heterocycles. The summed E-state index contributed by atoms with van der Waals surface area (Å²) < 4.78 is 30.6. The molecule has 0 atom stereocenters. The monoisotopic (exact) mass is 471 g/mol. The second-order valence-corrected chi connectivity index (χ2v) is 9.26. The molecule has 3 aromatic carbocycles. The van der Waals surface area contributed by atoms with Gasteiger partial charge >= 0.3 is 0 Å². The van der Waals surface area contributed by atoms with E-state index >= 15 is 0 Å². The highest BCUT2D eigenvalue weighted by atomic mass is 32.2. The van der Waals surface area contributed by atoms with Gasteiger partial charge in [0.25, 0.3) is 5.91 Å². The van der Waals surface area contributed by atoms with Gasteiger partial charge in [-0.05, 0) is 54.2 Å². The Bertz CT molecular complexity index is 1250. The number of hydrogen-bond donors (Lipinski definition) is 1. The number of nitrogens with zero attached hydrogens (tertiary/aromatic N) is 2. The van der Waals surface area contributed by atoms with Crippen molar-refractivity contribution in [3.8, 4) is 5.69 Å². The van der Waals surface area contributed by atoms with Crippen LogP contribution in [0, 0.1) is 15.6 Å². The molecule has 0 saturated carbocycles. The second-order valence-electron chi connectivity index (χ2n) is 6.42. The molecule has 1 heterocycles. The molecule has 0 bridgehead atoms. The third-order valence-electron chi connectivity index (χ3n) is 4.31. The third kappa shape index (κ3) is 5.07. The van der Waals surface area contributed by atoms with Crippen molar-refractivity contribution in [2.75, 3.05) is 5.32 Å². The summed E-state index contributed by atoms with van der Waals surface area (Å²) in [6, 6.07) is 20.0. The maximum atomic E-state index is 13.8. The molecule has 1 amide bonds. The number of aromatic nitrogens is 2. The molecule has 0 aliphatic carbocycles. The lowest BCUT2D eigenvalue weighted by Crippen LogP contribution is -2.14. The lowest BCUT2D eigenvalue weighted by atomic mass is 10.2. The minimum atomic E-state index is -0.834. The number of amides is 1. The lowest BCUT2D eigenvalue weighted by molar-refractivity contribution is 0.102. The first kappa shape index (κ1) is 21.4. The van der Waals surface area contributed by atoms with Gasteiger partial charge in [0.1, 0.15) is 17.3 Å². The number of halogens is 2. The average molecular weight is 472 g/mol. The predicted octanol–water partition coefficient (Wildman–Crippen LogP) is 6.49. The Labute approximate surface area is 190 Å². The summed E-state index contributed by atoms with van der Waals surface area (Å²) in [6.07, 6.45) is 0. The van der Waals surface area contributed by atoms with E-state index in [9.17, 15) is 13.6 Å². The Morgan fingerprint density at radius 3 is 2.35 bits per heavy atom. The summed E-state index contributed by atoms with van der Waals surface area (Å²) in [5, 5.41) is 6.82. The molecule has 4 nitrogen and oxygen atoms in total. The lowest BCUT2D eigenvalue weighted by Gasteiger charge is -2.08. The molecular weight excluding hydrogens is 456 g/mol. The average Bonchev–Trinajstić information content (AvgIpc) is 3.16. The Morgan fingerprint density at radius 1 is 1.00 bits per heavy atom. The fourth-order valence-electron chi connectivity index (χ4n) is 2.76. The van der Waals surface area contributed by atoms with Crippen molar-refractivity contribution in [1.29, 1.82) is 0 Å². The highest BCUT2D eigenvalue weighted by molar-refractivity contribution is 8.00. The van der Waals surface area contributed by atoms with E-state index in [-0.39, 0.29) is 5.56 Å². The maximum absolute atomic E-state index is 13.8. The molecular formula is C22H15F2N3OS3. The minimum Gasteiger partial charge on any atom is -0.317 e. The quantitative estimate of drug-likeness (QED) is 0.258. The second kappa shape index (κ2) is 9.51.